The van der Waals surface area contributed by atoms with E-state index in [1.165, 1.54) is 17.4 Å². The summed E-state index contributed by atoms with van der Waals surface area (Å²) in [5.74, 6) is -2.28. The number of rotatable bonds is 3. The molecule has 3 aromatic heterocycles. The number of hydrogen-bond acceptors (Lipinski definition) is 4. The number of hydrogen-bond donors (Lipinski definition) is 1. The number of fused-ring (bicyclic) bond motifs is 1. The van der Waals surface area contributed by atoms with E-state index in [0.717, 1.165) is 16.6 Å². The molecule has 1 aromatic carbocycles. The van der Waals surface area contributed by atoms with Crippen LogP contribution in [0.1, 0.15) is 23.2 Å². The lowest BCUT2D eigenvalue weighted by Crippen LogP contribution is -2.42. The Hall–Kier alpha value is -3.62. The fraction of sp³-hybridized carbons (Fsp3) is 0.238. The highest BCUT2D eigenvalue weighted by Gasteiger charge is 2.35. The SMILES string of the molecule is O=C(c1cnc2c(ccn2-c2cccc(-c3nnc[nH]3)c2)c1)N1CCC(F)(F)CC1. The van der Waals surface area contributed by atoms with Crippen molar-refractivity contribution in [2.45, 2.75) is 18.8 Å². The Balaban J connectivity index is 1.44. The van der Waals surface area contributed by atoms with Crippen molar-refractivity contribution >= 4 is 16.9 Å². The molecule has 9 heteroatoms. The summed E-state index contributed by atoms with van der Waals surface area (Å²) in [4.78, 5) is 21.7. The molecule has 0 radical (unpaired) electrons. The van der Waals surface area contributed by atoms with E-state index in [0.29, 0.717) is 17.0 Å². The molecule has 0 saturated carbocycles. The number of likely N-dealkylation sites (tertiary alicyclic amines) is 1. The Bertz CT molecular complexity index is 1210. The summed E-state index contributed by atoms with van der Waals surface area (Å²) in [6.45, 7) is 0.110. The number of aromatic nitrogens is 5. The van der Waals surface area contributed by atoms with Crippen molar-refractivity contribution in [1.29, 1.82) is 0 Å². The lowest BCUT2D eigenvalue weighted by molar-refractivity contribution is -0.0494. The van der Waals surface area contributed by atoms with Gasteiger partial charge in [-0.15, -0.1) is 10.2 Å². The number of H-pyrrole nitrogens is 1. The van der Waals surface area contributed by atoms with Crippen LogP contribution < -0.4 is 0 Å². The minimum absolute atomic E-state index is 0.0549. The van der Waals surface area contributed by atoms with E-state index in [1.54, 1.807) is 6.07 Å². The Labute approximate surface area is 170 Å². The third kappa shape index (κ3) is 3.32. The Kier molecular flexibility index (Phi) is 4.30. The first-order valence-corrected chi connectivity index (χ1v) is 9.61. The standard InChI is InChI=1S/C21H18F2N6O/c22-21(23)5-8-28(9-6-21)20(30)16-10-15-4-7-29(19(15)24-12-16)17-3-1-2-14(11-17)18-25-13-26-27-18/h1-4,7,10-13H,5-6,8-9H2,(H,25,26,27). The molecule has 0 atom stereocenters. The predicted octanol–water partition coefficient (Wildman–Crippen LogP) is 3.68. The van der Waals surface area contributed by atoms with Gasteiger partial charge in [-0.1, -0.05) is 12.1 Å². The first-order chi connectivity index (χ1) is 14.5. The molecule has 1 aliphatic heterocycles. The van der Waals surface area contributed by atoms with Crippen LogP contribution in [0.2, 0.25) is 0 Å². The third-order valence-electron chi connectivity index (χ3n) is 5.37. The van der Waals surface area contributed by atoms with Crippen LogP contribution >= 0.6 is 0 Å². The summed E-state index contributed by atoms with van der Waals surface area (Å²) in [5.41, 5.74) is 2.89. The molecule has 1 aliphatic rings. The van der Waals surface area contributed by atoms with Crippen LogP contribution in [0, 0.1) is 0 Å². The number of pyridine rings is 1. The van der Waals surface area contributed by atoms with Gasteiger partial charge in [0.2, 0.25) is 0 Å². The Morgan fingerprint density at radius 2 is 1.97 bits per heavy atom. The predicted molar refractivity (Wildman–Crippen MR) is 107 cm³/mol. The van der Waals surface area contributed by atoms with Crippen molar-refractivity contribution < 1.29 is 13.6 Å². The summed E-state index contributed by atoms with van der Waals surface area (Å²) in [6, 6.07) is 11.4. The quantitative estimate of drug-likeness (QED) is 0.561. The highest BCUT2D eigenvalue weighted by Crippen LogP contribution is 2.29. The fourth-order valence-corrected chi connectivity index (χ4v) is 3.72. The van der Waals surface area contributed by atoms with E-state index < -0.39 is 5.92 Å². The highest BCUT2D eigenvalue weighted by molar-refractivity contribution is 5.97. The van der Waals surface area contributed by atoms with Gasteiger partial charge < -0.3 is 14.5 Å². The molecule has 0 unspecified atom stereocenters. The number of nitrogens with one attached hydrogen (secondary N) is 1. The molecular formula is C21H18F2N6O. The zero-order chi connectivity index (χ0) is 20.7. The largest absolute Gasteiger partial charge is 0.338 e. The molecule has 0 aliphatic carbocycles. The maximum atomic E-state index is 13.4. The average Bonchev–Trinajstić information content (AvgIpc) is 3.43. The van der Waals surface area contributed by atoms with Crippen LogP contribution in [0.4, 0.5) is 8.78 Å². The van der Waals surface area contributed by atoms with Gasteiger partial charge in [0.25, 0.3) is 11.8 Å². The van der Waals surface area contributed by atoms with Gasteiger partial charge in [-0.25, -0.2) is 13.8 Å². The lowest BCUT2D eigenvalue weighted by atomic mass is 10.1. The van der Waals surface area contributed by atoms with Crippen LogP contribution in [-0.4, -0.2) is 54.6 Å². The third-order valence-corrected chi connectivity index (χ3v) is 5.37. The molecule has 0 bridgehead atoms. The van der Waals surface area contributed by atoms with Crippen molar-refractivity contribution in [2.75, 3.05) is 13.1 Å². The van der Waals surface area contributed by atoms with Crippen LogP contribution in [0.15, 0.2) is 55.1 Å². The number of carbonyl (C=O) groups excluding carboxylic acids is 1. The molecule has 4 aromatic rings. The maximum Gasteiger partial charge on any atom is 0.255 e. The monoisotopic (exact) mass is 408 g/mol. The summed E-state index contributed by atoms with van der Waals surface area (Å²) < 4.78 is 28.7. The Morgan fingerprint density at radius 3 is 2.73 bits per heavy atom. The second kappa shape index (κ2) is 7.01. The van der Waals surface area contributed by atoms with Gasteiger partial charge >= 0.3 is 0 Å². The van der Waals surface area contributed by atoms with E-state index in [4.69, 9.17) is 0 Å². The maximum absolute atomic E-state index is 13.4. The molecule has 7 nitrogen and oxygen atoms in total. The lowest BCUT2D eigenvalue weighted by Gasteiger charge is -2.31. The summed E-state index contributed by atoms with van der Waals surface area (Å²) in [5, 5.41) is 8.65. The van der Waals surface area contributed by atoms with E-state index in [2.05, 4.69) is 20.2 Å². The zero-order valence-electron chi connectivity index (χ0n) is 15.9. The molecule has 152 valence electrons. The first kappa shape index (κ1) is 18.4. The van der Waals surface area contributed by atoms with E-state index in [9.17, 15) is 13.6 Å². The van der Waals surface area contributed by atoms with E-state index >= 15 is 0 Å². The number of alkyl halides is 2. The summed E-state index contributed by atoms with van der Waals surface area (Å²) in [6.07, 6.45) is 4.32. The van der Waals surface area contributed by atoms with E-state index in [-0.39, 0.29) is 31.8 Å². The van der Waals surface area contributed by atoms with Gasteiger partial charge in [0.15, 0.2) is 5.82 Å². The molecule has 4 heterocycles. The van der Waals surface area contributed by atoms with Gasteiger partial charge in [-0.3, -0.25) is 4.79 Å². The van der Waals surface area contributed by atoms with Gasteiger partial charge in [0.05, 0.1) is 5.56 Å². The van der Waals surface area contributed by atoms with Crippen molar-refractivity contribution in [3.05, 3.63) is 60.7 Å². The topological polar surface area (TPSA) is 79.7 Å². The molecule has 5 rings (SSSR count). The van der Waals surface area contributed by atoms with Crippen LogP contribution in [-0.2, 0) is 0 Å². The van der Waals surface area contributed by atoms with E-state index in [1.807, 2.05) is 41.1 Å². The summed E-state index contributed by atoms with van der Waals surface area (Å²) >= 11 is 0. The molecule has 0 spiro atoms. The van der Waals surface area contributed by atoms with Crippen LogP contribution in [0.5, 0.6) is 0 Å². The number of carbonyl (C=O) groups is 1. The first-order valence-electron chi connectivity index (χ1n) is 9.61. The molecule has 1 amide bonds. The number of piperidine rings is 1. The molecule has 1 fully saturated rings. The van der Waals surface area contributed by atoms with Crippen molar-refractivity contribution in [3.8, 4) is 17.1 Å². The van der Waals surface area contributed by atoms with Crippen molar-refractivity contribution in [1.82, 2.24) is 29.6 Å². The normalized spacial score (nSPS) is 16.1. The molecule has 30 heavy (non-hydrogen) atoms. The zero-order valence-corrected chi connectivity index (χ0v) is 15.9. The minimum atomic E-state index is -2.68. The number of amides is 1. The highest BCUT2D eigenvalue weighted by atomic mass is 19.3. The second-order valence-corrected chi connectivity index (χ2v) is 7.36. The average molecular weight is 408 g/mol. The smallest absolute Gasteiger partial charge is 0.255 e. The second-order valence-electron chi connectivity index (χ2n) is 7.36. The van der Waals surface area contributed by atoms with Gasteiger partial charge in [0.1, 0.15) is 12.0 Å². The van der Waals surface area contributed by atoms with Crippen molar-refractivity contribution in [2.24, 2.45) is 0 Å². The van der Waals surface area contributed by atoms with Crippen molar-refractivity contribution in [3.63, 3.8) is 0 Å². The number of aromatic amines is 1. The minimum Gasteiger partial charge on any atom is -0.338 e. The molecule has 1 saturated heterocycles. The number of nitrogens with zero attached hydrogens (tertiary/aromatic N) is 5. The fourth-order valence-electron chi connectivity index (χ4n) is 3.72. The molecule has 1 N–H and O–H groups in total. The Morgan fingerprint density at radius 1 is 1.13 bits per heavy atom. The van der Waals surface area contributed by atoms with Crippen LogP contribution in [0.3, 0.4) is 0 Å². The number of halogens is 2. The van der Waals surface area contributed by atoms with Gasteiger partial charge in [-0.2, -0.15) is 0 Å². The number of benzene rings is 1. The summed E-state index contributed by atoms with van der Waals surface area (Å²) in [7, 11) is 0. The van der Waals surface area contributed by atoms with Gasteiger partial charge in [-0.05, 0) is 24.3 Å². The molecular weight excluding hydrogens is 390 g/mol. The van der Waals surface area contributed by atoms with Crippen LogP contribution in [0.25, 0.3) is 28.1 Å². The van der Waals surface area contributed by atoms with Gasteiger partial charge in [0, 0.05) is 55.0 Å².